The van der Waals surface area contributed by atoms with Crippen molar-refractivity contribution < 1.29 is 75.0 Å². The lowest BCUT2D eigenvalue weighted by atomic mass is 9.79. The molecule has 3 aliphatic rings. The Morgan fingerprint density at radius 2 is 1.14 bits per heavy atom. The summed E-state index contributed by atoms with van der Waals surface area (Å²) in [4.78, 5) is 25.4. The topological polar surface area (TPSA) is 174 Å². The Morgan fingerprint density at radius 3 is 1.67 bits per heavy atom. The van der Waals surface area contributed by atoms with Gasteiger partial charge in [-0.25, -0.2) is 0 Å². The molecule has 3 aliphatic heterocycles. The number of hydrogen-bond donors (Lipinski definition) is 1. The van der Waals surface area contributed by atoms with Gasteiger partial charge in [0.25, 0.3) is 0 Å². The number of halogens is 3. The summed E-state index contributed by atoms with van der Waals surface area (Å²) in [6.07, 6.45) is -10.1. The quantitative estimate of drug-likeness (QED) is 0.0202. The zero-order chi connectivity index (χ0) is 63.2. The zero-order valence-electron chi connectivity index (χ0n) is 52.7. The van der Waals surface area contributed by atoms with E-state index >= 15 is 0 Å². The van der Waals surface area contributed by atoms with Crippen LogP contribution in [0, 0.1) is 0 Å². The number of ether oxygens (including phenoxy) is 9. The normalized spacial score (nSPS) is 26.9. The van der Waals surface area contributed by atoms with Crippen molar-refractivity contribution in [3.63, 3.8) is 0 Å². The van der Waals surface area contributed by atoms with Crippen LogP contribution in [0.1, 0.15) is 60.6 Å². The summed E-state index contributed by atoms with van der Waals surface area (Å²) in [5.41, 5.74) is 1.56. The SMILES string of the molecule is C[Si](C)(C)OC1C(O[Si](C)(C)C)[C@](CCl)(O[C@H]2O[C@H](C[C@@](OCc3ccccc3)(C3COC(c4ccccc4)O3)[C@H](OCc3ccccc3)[C@@H](COC(=O)CCCCC(=O)O)OCc3ccccc3)[C@H](Cl)[C@H](O[Si](C)(C)C)[C@H]2O[Si](C)(C)C)O[C@H]1CCl. The van der Waals surface area contributed by atoms with Gasteiger partial charge in [-0.2, -0.15) is 0 Å². The van der Waals surface area contributed by atoms with Crippen LogP contribution < -0.4 is 0 Å². The van der Waals surface area contributed by atoms with Crippen molar-refractivity contribution in [3.05, 3.63) is 144 Å². The summed E-state index contributed by atoms with van der Waals surface area (Å²) in [5.74, 6) is -3.34. The van der Waals surface area contributed by atoms with Gasteiger partial charge in [-0.05, 0) is 108 Å². The second kappa shape index (κ2) is 32.1. The number of carbonyl (C=O) groups excluding carboxylic acids is 1. The summed E-state index contributed by atoms with van der Waals surface area (Å²) in [7, 11) is -9.90. The lowest BCUT2D eigenvalue weighted by Crippen LogP contribution is -2.68. The Bertz CT molecular complexity index is 2710. The Hall–Kier alpha value is -2.92. The Balaban J connectivity index is 1.46. The van der Waals surface area contributed by atoms with E-state index in [1.54, 1.807) is 0 Å². The fourth-order valence-electron chi connectivity index (χ4n) is 11.0. The summed E-state index contributed by atoms with van der Waals surface area (Å²) in [6.45, 7) is 24.9. The Labute approximate surface area is 535 Å². The van der Waals surface area contributed by atoms with Crippen molar-refractivity contribution in [2.75, 3.05) is 25.0 Å². The van der Waals surface area contributed by atoms with Gasteiger partial charge in [0.15, 0.2) is 45.8 Å². The van der Waals surface area contributed by atoms with E-state index in [2.05, 4.69) is 78.6 Å². The number of carbonyl (C=O) groups is 2. The molecular weight excluding hydrogens is 1240 g/mol. The van der Waals surface area contributed by atoms with Crippen molar-refractivity contribution in [3.8, 4) is 0 Å². The number of benzene rings is 4. The van der Waals surface area contributed by atoms with E-state index < -0.39 is 129 Å². The molecule has 4 unspecified atom stereocenters. The molecule has 16 nitrogen and oxygen atoms in total. The Morgan fingerprint density at radius 1 is 0.632 bits per heavy atom. The number of esters is 1. The van der Waals surface area contributed by atoms with E-state index in [-0.39, 0.29) is 64.1 Å². The van der Waals surface area contributed by atoms with E-state index in [4.69, 9.17) is 95.1 Å². The van der Waals surface area contributed by atoms with Crippen molar-refractivity contribution in [1.82, 2.24) is 0 Å². The predicted molar refractivity (Wildman–Crippen MR) is 347 cm³/mol. The molecule has 0 bridgehead atoms. The second-order valence-electron chi connectivity index (χ2n) is 26.6. The fraction of sp³-hybridized carbons (Fsp3) is 0.594. The highest BCUT2D eigenvalue weighted by Crippen LogP contribution is 2.48. The number of hydrogen-bond acceptors (Lipinski definition) is 15. The maximum absolute atomic E-state index is 13.9. The molecule has 87 heavy (non-hydrogen) atoms. The number of carboxylic acids is 1. The minimum Gasteiger partial charge on any atom is -0.481 e. The van der Waals surface area contributed by atoms with Crippen LogP contribution in [0.15, 0.2) is 121 Å². The molecule has 482 valence electrons. The van der Waals surface area contributed by atoms with Crippen LogP contribution in [-0.4, -0.2) is 153 Å². The molecule has 0 aromatic heterocycles. The van der Waals surface area contributed by atoms with Gasteiger partial charge in [0, 0.05) is 24.8 Å². The van der Waals surface area contributed by atoms with Crippen molar-refractivity contribution in [2.45, 2.75) is 215 Å². The molecule has 1 N–H and O–H groups in total. The maximum atomic E-state index is 13.9. The molecule has 3 heterocycles. The molecule has 14 atom stereocenters. The lowest BCUT2D eigenvalue weighted by molar-refractivity contribution is -0.357. The molecule has 0 radical (unpaired) electrons. The average molecular weight is 1340 g/mol. The van der Waals surface area contributed by atoms with Gasteiger partial charge in [0.05, 0.1) is 55.8 Å². The van der Waals surface area contributed by atoms with E-state index in [1.807, 2.05) is 121 Å². The van der Waals surface area contributed by atoms with Crippen molar-refractivity contribution in [2.24, 2.45) is 0 Å². The highest BCUT2D eigenvalue weighted by Gasteiger charge is 2.64. The van der Waals surface area contributed by atoms with Crippen LogP contribution in [0.25, 0.3) is 0 Å². The molecule has 0 aliphatic carbocycles. The van der Waals surface area contributed by atoms with Crippen molar-refractivity contribution in [1.29, 1.82) is 0 Å². The van der Waals surface area contributed by atoms with Gasteiger partial charge in [0.1, 0.15) is 54.9 Å². The third-order valence-corrected chi connectivity index (χ3v) is 19.7. The summed E-state index contributed by atoms with van der Waals surface area (Å²) in [6, 6.07) is 38.8. The molecule has 3 saturated heterocycles. The van der Waals surface area contributed by atoms with Gasteiger partial charge in [-0.15, -0.1) is 34.8 Å². The van der Waals surface area contributed by atoms with Crippen LogP contribution in [0.4, 0.5) is 0 Å². The highest BCUT2D eigenvalue weighted by atomic mass is 35.5. The number of rotatable bonds is 34. The largest absolute Gasteiger partial charge is 0.481 e. The first kappa shape index (κ1) is 71.5. The minimum atomic E-state index is -2.56. The molecule has 4 aromatic carbocycles. The first-order valence-electron chi connectivity index (χ1n) is 30.3. The first-order valence-corrected chi connectivity index (χ1v) is 45.4. The molecule has 4 aromatic rings. The van der Waals surface area contributed by atoms with Gasteiger partial charge < -0.3 is 65.4 Å². The third-order valence-electron chi connectivity index (χ3n) is 14.6. The van der Waals surface area contributed by atoms with E-state index in [0.717, 1.165) is 22.3 Å². The van der Waals surface area contributed by atoms with Crippen LogP contribution >= 0.6 is 34.8 Å². The number of carboxylic acid groups (broad SMARTS) is 1. The van der Waals surface area contributed by atoms with Gasteiger partial charge in [-0.1, -0.05) is 121 Å². The van der Waals surface area contributed by atoms with Crippen molar-refractivity contribution >= 4 is 80.0 Å². The van der Waals surface area contributed by atoms with Crippen LogP contribution in [0.2, 0.25) is 78.6 Å². The third kappa shape index (κ3) is 21.3. The second-order valence-corrected chi connectivity index (χ2v) is 45.5. The first-order chi connectivity index (χ1) is 41.1. The lowest BCUT2D eigenvalue weighted by Gasteiger charge is -2.53. The monoisotopic (exact) mass is 1330 g/mol. The van der Waals surface area contributed by atoms with E-state index in [0.29, 0.717) is 12.8 Å². The highest BCUT2D eigenvalue weighted by molar-refractivity contribution is 6.71. The zero-order valence-corrected chi connectivity index (χ0v) is 58.9. The molecule has 0 saturated carbocycles. The smallest absolute Gasteiger partial charge is 0.305 e. The fourth-order valence-corrected chi connectivity index (χ4v) is 16.3. The van der Waals surface area contributed by atoms with E-state index in [1.165, 1.54) is 0 Å². The number of aliphatic carboxylic acids is 1. The maximum Gasteiger partial charge on any atom is 0.305 e. The molecule has 0 amide bonds. The number of alkyl halides is 3. The number of unbranched alkanes of at least 4 members (excludes halogenated alkanes) is 1. The summed E-state index contributed by atoms with van der Waals surface area (Å²) >= 11 is 22.3. The van der Waals surface area contributed by atoms with Gasteiger partial charge >= 0.3 is 11.9 Å². The molecule has 7 rings (SSSR count). The predicted octanol–water partition coefficient (Wildman–Crippen LogP) is 13.6. The molecule has 3 fully saturated rings. The van der Waals surface area contributed by atoms with Gasteiger partial charge in [-0.3, -0.25) is 9.59 Å². The minimum absolute atomic E-state index is 0.0126. The summed E-state index contributed by atoms with van der Waals surface area (Å²) < 4.78 is 93.1. The molecule has 0 spiro atoms. The van der Waals surface area contributed by atoms with Gasteiger partial charge in [0.2, 0.25) is 5.79 Å². The molecular formula is C64H93Cl3O16Si4. The van der Waals surface area contributed by atoms with Crippen LogP contribution in [0.3, 0.4) is 0 Å². The average Bonchev–Trinajstić information content (AvgIpc) is 1.75. The van der Waals surface area contributed by atoms with Crippen LogP contribution in [0.5, 0.6) is 0 Å². The standard InChI is InChI=1S/C64H93Cl3O16Si4/c1-84(2,3)80-56-50(38-65)78-64(44-66,60(56)83-87(10,11)12)79-62-58(82-86(7,8)9)57(81-85(4,5)6)55(67)49(76-62)37-63(75-41-47-31-21-15-22-32-47,52-43-74-61(77-52)48-33-23-16-24-34-48)59(73-40-46-29-19-14-20-30-46)51(71-39-45-27-17-13-18-28-45)42-72-54(70)36-26-25-35-53(68)69/h13-24,27-34,49-52,55-62H,25-26,35-44H2,1-12H3,(H,68,69)/t49-,50+,51-,52?,55+,56?,57+,58-,59-,60?,61?,62-,63-,64+/m1/s1. The molecule has 23 heteroatoms. The summed E-state index contributed by atoms with van der Waals surface area (Å²) in [5, 5.41) is 8.42. The van der Waals surface area contributed by atoms with Crippen LogP contribution in [-0.2, 0) is 89.7 Å². The van der Waals surface area contributed by atoms with E-state index in [9.17, 15) is 14.7 Å². The Kier molecular flexibility index (Phi) is 26.4.